The number of hydrogen-bond donors (Lipinski definition) is 7. The Morgan fingerprint density at radius 3 is 1.30 bits per heavy atom. The molecule has 0 aromatic heterocycles. The molecule has 1 rings (SSSR count). The van der Waals surface area contributed by atoms with E-state index >= 15 is 0 Å². The van der Waals surface area contributed by atoms with Crippen molar-refractivity contribution in [1.29, 1.82) is 0 Å². The van der Waals surface area contributed by atoms with Crippen molar-refractivity contribution in [3.05, 3.63) is 12.2 Å². The minimum absolute atomic E-state index is 0.0482. The zero-order valence-electron chi connectivity index (χ0n) is 38.5. The Balaban J connectivity index is 2.58. The van der Waals surface area contributed by atoms with Gasteiger partial charge >= 0.3 is 27.6 Å². The smallest absolute Gasteiger partial charge is 0.462 e. The molecular weight excluding hydrogens is 858 g/mol. The number of hydrogen-bond acceptors (Lipinski definition) is 13. The third-order valence-corrected chi connectivity index (χ3v) is 12.8. The first kappa shape index (κ1) is 59.8. The normalized spacial score (nSPS) is 22.0. The number of aliphatic hydroxyl groups is 4. The molecule has 8 atom stereocenters. The molecule has 372 valence electrons. The van der Waals surface area contributed by atoms with Crippen LogP contribution in [-0.4, -0.2) is 103 Å². The number of rotatable bonds is 41. The maximum atomic E-state index is 13.0. The molecule has 16 nitrogen and oxygen atoms in total. The summed E-state index contributed by atoms with van der Waals surface area (Å²) >= 11 is 0. The first-order chi connectivity index (χ1) is 30.1. The van der Waals surface area contributed by atoms with Crippen LogP contribution < -0.4 is 0 Å². The highest BCUT2D eigenvalue weighted by molar-refractivity contribution is 7.47. The van der Waals surface area contributed by atoms with Crippen molar-refractivity contribution in [3.8, 4) is 0 Å². The molecule has 0 heterocycles. The molecule has 0 saturated heterocycles. The lowest BCUT2D eigenvalue weighted by atomic mass is 9.85. The summed E-state index contributed by atoms with van der Waals surface area (Å²) in [5.74, 6) is -1.20. The Bertz CT molecular complexity index is 1280. The highest BCUT2D eigenvalue weighted by Gasteiger charge is 2.54. The van der Waals surface area contributed by atoms with Crippen LogP contribution in [0.3, 0.4) is 0 Å². The van der Waals surface area contributed by atoms with Gasteiger partial charge in [0.1, 0.15) is 43.2 Å². The molecule has 1 aliphatic rings. The van der Waals surface area contributed by atoms with Crippen LogP contribution in [-0.2, 0) is 41.8 Å². The molecule has 0 spiro atoms. The van der Waals surface area contributed by atoms with Crippen molar-refractivity contribution in [2.24, 2.45) is 0 Å². The standard InChI is InChI=1S/C45H86O16P2/c1-3-5-7-9-11-13-15-17-19-21-23-25-27-29-31-33-38(46)57-35-37(59-39(47)34-32-30-28-26-24-22-20-18-16-14-12-10-8-6-4-2)36-58-63(55,56)61-45-42(50)40(48)41(49)44(43(45)51)60-62(52,53)54/h17,19,37,40-45,48-51H,3-16,18,20-36H2,1-2H3,(H,55,56)(H2,52,53,54)/t37-,40?,41?,42?,43?,44-,45+/m1/s1. The quantitative estimate of drug-likeness (QED) is 0.0130. The summed E-state index contributed by atoms with van der Waals surface area (Å²) < 4.78 is 49.4. The largest absolute Gasteiger partial charge is 0.472 e. The van der Waals surface area contributed by atoms with E-state index in [2.05, 4.69) is 30.5 Å². The van der Waals surface area contributed by atoms with E-state index in [9.17, 15) is 53.8 Å². The van der Waals surface area contributed by atoms with Crippen LogP contribution in [0, 0.1) is 0 Å². The summed E-state index contributed by atoms with van der Waals surface area (Å²) in [6.07, 6.45) is 21.7. The molecule has 0 radical (unpaired) electrons. The molecule has 1 aliphatic carbocycles. The number of phosphoric ester groups is 2. The molecule has 1 saturated carbocycles. The predicted molar refractivity (Wildman–Crippen MR) is 241 cm³/mol. The second-order valence-corrected chi connectivity index (χ2v) is 19.8. The van der Waals surface area contributed by atoms with Crippen molar-refractivity contribution < 1.29 is 76.9 Å². The lowest BCUT2D eigenvalue weighted by Crippen LogP contribution is -2.64. The summed E-state index contributed by atoms with van der Waals surface area (Å²) in [6.45, 7) is 3.11. The van der Waals surface area contributed by atoms with Gasteiger partial charge in [0.2, 0.25) is 0 Å². The lowest BCUT2D eigenvalue weighted by molar-refractivity contribution is -0.216. The van der Waals surface area contributed by atoms with Gasteiger partial charge in [-0.15, -0.1) is 0 Å². The fourth-order valence-electron chi connectivity index (χ4n) is 7.55. The van der Waals surface area contributed by atoms with Crippen LogP contribution in [0.25, 0.3) is 0 Å². The molecular formula is C45H86O16P2. The van der Waals surface area contributed by atoms with Crippen LogP contribution in [0.1, 0.15) is 206 Å². The second kappa shape index (κ2) is 36.8. The molecule has 5 unspecified atom stereocenters. The molecule has 0 aromatic carbocycles. The van der Waals surface area contributed by atoms with E-state index in [1.54, 1.807) is 0 Å². The van der Waals surface area contributed by atoms with E-state index in [1.807, 2.05) is 0 Å². The number of allylic oxidation sites excluding steroid dienone is 2. The van der Waals surface area contributed by atoms with Crippen molar-refractivity contribution >= 4 is 27.6 Å². The number of carbonyl (C=O) groups is 2. The Morgan fingerprint density at radius 2 is 0.873 bits per heavy atom. The van der Waals surface area contributed by atoms with Gasteiger partial charge in [0.05, 0.1) is 6.61 Å². The number of esters is 2. The Morgan fingerprint density at radius 1 is 0.492 bits per heavy atom. The van der Waals surface area contributed by atoms with E-state index in [0.29, 0.717) is 12.8 Å². The van der Waals surface area contributed by atoms with Gasteiger partial charge in [-0.3, -0.25) is 23.2 Å². The minimum atomic E-state index is -5.36. The molecule has 0 amide bonds. The van der Waals surface area contributed by atoms with Crippen molar-refractivity contribution in [2.45, 2.75) is 249 Å². The van der Waals surface area contributed by atoms with E-state index < -0.39 is 83.5 Å². The summed E-state index contributed by atoms with van der Waals surface area (Å²) in [6, 6.07) is 0. The van der Waals surface area contributed by atoms with Gasteiger partial charge in [-0.05, 0) is 38.5 Å². The monoisotopic (exact) mass is 945 g/mol. The number of ether oxygens (including phenoxy) is 2. The van der Waals surface area contributed by atoms with Crippen molar-refractivity contribution in [1.82, 2.24) is 0 Å². The van der Waals surface area contributed by atoms with E-state index in [4.69, 9.17) is 18.5 Å². The van der Waals surface area contributed by atoms with Crippen LogP contribution in [0.4, 0.5) is 0 Å². The van der Waals surface area contributed by atoms with E-state index in [-0.39, 0.29) is 12.8 Å². The number of unbranched alkanes of at least 4 members (excludes halogenated alkanes) is 25. The summed E-state index contributed by atoms with van der Waals surface area (Å²) in [4.78, 5) is 54.3. The molecule has 1 fully saturated rings. The molecule has 0 aliphatic heterocycles. The fraction of sp³-hybridized carbons (Fsp3) is 0.911. The van der Waals surface area contributed by atoms with Crippen LogP contribution >= 0.6 is 15.6 Å². The van der Waals surface area contributed by atoms with Crippen LogP contribution in [0.2, 0.25) is 0 Å². The molecule has 18 heteroatoms. The van der Waals surface area contributed by atoms with Gasteiger partial charge in [0.15, 0.2) is 6.10 Å². The van der Waals surface area contributed by atoms with Gasteiger partial charge in [-0.25, -0.2) is 9.13 Å². The van der Waals surface area contributed by atoms with Crippen LogP contribution in [0.5, 0.6) is 0 Å². The topological polar surface area (TPSA) is 256 Å². The predicted octanol–water partition coefficient (Wildman–Crippen LogP) is 9.18. The Labute approximate surface area is 378 Å². The fourth-order valence-corrected chi connectivity index (χ4v) is 9.09. The zero-order valence-corrected chi connectivity index (χ0v) is 40.3. The van der Waals surface area contributed by atoms with Crippen LogP contribution in [0.15, 0.2) is 12.2 Å². The molecule has 0 aromatic rings. The minimum Gasteiger partial charge on any atom is -0.462 e. The highest BCUT2D eigenvalue weighted by Crippen LogP contribution is 2.49. The van der Waals surface area contributed by atoms with E-state index in [1.165, 1.54) is 103 Å². The number of aliphatic hydroxyl groups excluding tert-OH is 4. The van der Waals surface area contributed by atoms with Gasteiger partial charge in [0, 0.05) is 12.8 Å². The van der Waals surface area contributed by atoms with Gasteiger partial charge in [-0.2, -0.15) is 0 Å². The SMILES string of the molecule is CCCCCCCCC=CCCCCCCCC(=O)OC[C@H](COP(=O)(O)O[C@H]1C(O)C(O)C(O)[C@@H](OP(=O)(O)O)C1O)OC(=O)CCCCCCCCCCCCCCCCC. The lowest BCUT2D eigenvalue weighted by Gasteiger charge is -2.43. The summed E-state index contributed by atoms with van der Waals surface area (Å²) in [5.41, 5.74) is 0. The average Bonchev–Trinajstić information content (AvgIpc) is 3.23. The second-order valence-electron chi connectivity index (χ2n) is 17.2. The summed E-state index contributed by atoms with van der Waals surface area (Å²) in [7, 11) is -10.7. The highest BCUT2D eigenvalue weighted by atomic mass is 31.2. The maximum absolute atomic E-state index is 13.0. The molecule has 7 N–H and O–H groups in total. The first-order valence-corrected chi connectivity index (χ1v) is 27.3. The third-order valence-electron chi connectivity index (χ3n) is 11.3. The van der Waals surface area contributed by atoms with Crippen molar-refractivity contribution in [2.75, 3.05) is 13.2 Å². The molecule has 63 heavy (non-hydrogen) atoms. The maximum Gasteiger partial charge on any atom is 0.472 e. The average molecular weight is 945 g/mol. The van der Waals surface area contributed by atoms with Gasteiger partial charge < -0.3 is 44.6 Å². The van der Waals surface area contributed by atoms with Gasteiger partial charge in [0.25, 0.3) is 0 Å². The van der Waals surface area contributed by atoms with Crippen molar-refractivity contribution in [3.63, 3.8) is 0 Å². The molecule has 0 bridgehead atoms. The summed E-state index contributed by atoms with van der Waals surface area (Å²) in [5, 5.41) is 41.2. The zero-order chi connectivity index (χ0) is 46.8. The van der Waals surface area contributed by atoms with E-state index in [0.717, 1.165) is 64.2 Å². The first-order valence-electron chi connectivity index (χ1n) is 24.2. The number of carbonyl (C=O) groups excluding carboxylic acids is 2. The van der Waals surface area contributed by atoms with Gasteiger partial charge in [-0.1, -0.05) is 167 Å². The third kappa shape index (κ3) is 31.4. The number of phosphoric acid groups is 2. The Hall–Kier alpha value is -1.26. The Kier molecular flexibility index (Phi) is 34.9.